The molecule has 2 aromatic rings. The van der Waals surface area contributed by atoms with Gasteiger partial charge in [-0.1, -0.05) is 24.3 Å². The molecule has 0 saturated heterocycles. The van der Waals surface area contributed by atoms with Crippen LogP contribution in [0.25, 0.3) is 0 Å². The molecule has 0 aromatic heterocycles. The van der Waals surface area contributed by atoms with Crippen molar-refractivity contribution in [2.24, 2.45) is 5.92 Å². The summed E-state index contributed by atoms with van der Waals surface area (Å²) in [7, 11) is 1.37. The number of benzene rings is 2. The molecule has 152 valence electrons. The van der Waals surface area contributed by atoms with Gasteiger partial charge in [-0.2, -0.15) is 0 Å². The molecule has 0 aliphatic carbocycles. The Morgan fingerprint density at radius 2 is 2.07 bits per heavy atom. The summed E-state index contributed by atoms with van der Waals surface area (Å²) in [6.07, 6.45) is 1.81. The predicted molar refractivity (Wildman–Crippen MR) is 107 cm³/mol. The summed E-state index contributed by atoms with van der Waals surface area (Å²) in [6, 6.07) is 13.7. The maximum atomic E-state index is 12.7. The third-order valence-corrected chi connectivity index (χ3v) is 5.47. The van der Waals surface area contributed by atoms with Crippen LogP contribution in [-0.4, -0.2) is 43.6 Å². The van der Waals surface area contributed by atoms with Crippen LogP contribution in [-0.2, 0) is 22.5 Å². The molecule has 4 rings (SSSR count). The maximum Gasteiger partial charge on any atom is 0.305 e. The Labute approximate surface area is 170 Å². The minimum Gasteiger partial charge on any atom is -0.493 e. The van der Waals surface area contributed by atoms with Crippen LogP contribution in [0.15, 0.2) is 42.5 Å². The predicted octanol–water partition coefficient (Wildman–Crippen LogP) is 3.23. The summed E-state index contributed by atoms with van der Waals surface area (Å²) in [6.45, 7) is 2.21. The van der Waals surface area contributed by atoms with E-state index in [2.05, 4.69) is 10.8 Å². The lowest BCUT2D eigenvalue weighted by Gasteiger charge is -2.25. The van der Waals surface area contributed by atoms with Crippen LogP contribution >= 0.6 is 0 Å². The highest BCUT2D eigenvalue weighted by molar-refractivity contribution is 5.99. The molecule has 0 N–H and O–H groups in total. The monoisotopic (exact) mass is 395 g/mol. The van der Waals surface area contributed by atoms with Crippen LogP contribution in [0, 0.1) is 5.92 Å². The third kappa shape index (κ3) is 4.21. The summed E-state index contributed by atoms with van der Waals surface area (Å²) >= 11 is 0. The number of para-hydroxylation sites is 1. The average Bonchev–Trinajstić information content (AvgIpc) is 3.08. The molecule has 1 unspecified atom stereocenters. The minimum atomic E-state index is -0.255. The van der Waals surface area contributed by atoms with Gasteiger partial charge in [0.15, 0.2) is 0 Å². The number of nitrogens with zero attached hydrogens (tertiary/aromatic N) is 1. The molecule has 0 fully saturated rings. The molecule has 2 heterocycles. The van der Waals surface area contributed by atoms with E-state index in [1.165, 1.54) is 12.7 Å². The fourth-order valence-corrected chi connectivity index (χ4v) is 3.90. The molecule has 1 amide bonds. The van der Waals surface area contributed by atoms with Crippen molar-refractivity contribution in [1.29, 1.82) is 0 Å². The van der Waals surface area contributed by atoms with Crippen LogP contribution in [0.4, 0.5) is 0 Å². The number of methoxy groups -OCH3 is 1. The normalized spacial score (nSPS) is 17.3. The van der Waals surface area contributed by atoms with E-state index in [1.54, 1.807) is 4.90 Å². The van der Waals surface area contributed by atoms with E-state index in [0.717, 1.165) is 23.5 Å². The Kier molecular flexibility index (Phi) is 5.69. The van der Waals surface area contributed by atoms with Crippen molar-refractivity contribution in [2.45, 2.75) is 25.8 Å². The van der Waals surface area contributed by atoms with E-state index >= 15 is 0 Å². The van der Waals surface area contributed by atoms with Crippen molar-refractivity contribution in [1.82, 2.24) is 4.90 Å². The average molecular weight is 395 g/mol. The second-order valence-electron chi connectivity index (χ2n) is 7.49. The van der Waals surface area contributed by atoms with Crippen molar-refractivity contribution in [3.8, 4) is 11.5 Å². The van der Waals surface area contributed by atoms with Crippen molar-refractivity contribution in [2.75, 3.05) is 26.9 Å². The van der Waals surface area contributed by atoms with E-state index in [9.17, 15) is 9.59 Å². The van der Waals surface area contributed by atoms with Gasteiger partial charge >= 0.3 is 5.97 Å². The van der Waals surface area contributed by atoms with Gasteiger partial charge in [-0.25, -0.2) is 0 Å². The van der Waals surface area contributed by atoms with Gasteiger partial charge in [0, 0.05) is 30.0 Å². The highest BCUT2D eigenvalue weighted by Gasteiger charge is 2.30. The van der Waals surface area contributed by atoms with Gasteiger partial charge in [-0.3, -0.25) is 9.59 Å². The zero-order valence-corrected chi connectivity index (χ0v) is 16.6. The lowest BCUT2D eigenvalue weighted by molar-refractivity contribution is -0.140. The van der Waals surface area contributed by atoms with Gasteiger partial charge < -0.3 is 19.1 Å². The number of amides is 1. The summed E-state index contributed by atoms with van der Waals surface area (Å²) in [5.74, 6) is 1.72. The number of esters is 1. The van der Waals surface area contributed by atoms with Crippen LogP contribution in [0.3, 0.4) is 0 Å². The first-order valence-electron chi connectivity index (χ1n) is 9.97. The number of hydrogen-bond acceptors (Lipinski definition) is 5. The third-order valence-electron chi connectivity index (χ3n) is 5.47. The molecular formula is C23H25NO5. The van der Waals surface area contributed by atoms with E-state index < -0.39 is 0 Å². The molecule has 0 saturated carbocycles. The smallest absolute Gasteiger partial charge is 0.305 e. The Balaban J connectivity index is 1.37. The molecule has 1 atom stereocenters. The molecule has 6 nitrogen and oxygen atoms in total. The number of carbonyl (C=O) groups excluding carboxylic acids is 2. The fraction of sp³-hybridized carbons (Fsp3) is 0.391. The molecule has 0 bridgehead atoms. The Hall–Kier alpha value is -3.02. The van der Waals surface area contributed by atoms with Gasteiger partial charge in [-0.05, 0) is 36.6 Å². The second kappa shape index (κ2) is 8.55. The largest absolute Gasteiger partial charge is 0.493 e. The minimum absolute atomic E-state index is 0.00903. The van der Waals surface area contributed by atoms with Crippen molar-refractivity contribution < 1.29 is 23.8 Å². The maximum absolute atomic E-state index is 12.7. The van der Waals surface area contributed by atoms with E-state index in [0.29, 0.717) is 44.7 Å². The summed E-state index contributed by atoms with van der Waals surface area (Å²) in [5, 5.41) is 0. The van der Waals surface area contributed by atoms with Crippen LogP contribution < -0.4 is 9.47 Å². The van der Waals surface area contributed by atoms with Crippen molar-refractivity contribution in [3.63, 3.8) is 0 Å². The van der Waals surface area contributed by atoms with Gasteiger partial charge in [-0.15, -0.1) is 0 Å². The summed E-state index contributed by atoms with van der Waals surface area (Å²) in [4.78, 5) is 25.7. The van der Waals surface area contributed by atoms with E-state index in [1.807, 2.05) is 36.4 Å². The molecule has 29 heavy (non-hydrogen) atoms. The summed E-state index contributed by atoms with van der Waals surface area (Å²) < 4.78 is 16.6. The first-order chi connectivity index (χ1) is 14.2. The topological polar surface area (TPSA) is 65.1 Å². The van der Waals surface area contributed by atoms with Crippen molar-refractivity contribution >= 4 is 11.9 Å². The number of fused-ring (bicyclic) bond motifs is 2. The second-order valence-corrected chi connectivity index (χ2v) is 7.49. The van der Waals surface area contributed by atoms with Crippen LogP contribution in [0.2, 0.25) is 0 Å². The number of carbonyl (C=O) groups is 2. The molecule has 2 aliphatic rings. The zero-order valence-electron chi connectivity index (χ0n) is 16.6. The molecule has 0 spiro atoms. The van der Waals surface area contributed by atoms with Crippen LogP contribution in [0.5, 0.6) is 11.5 Å². The number of hydrogen-bond donors (Lipinski definition) is 0. The Morgan fingerprint density at radius 1 is 1.21 bits per heavy atom. The SMILES string of the molecule is COC(=O)CCCN1Cc2c(OCC3COc4ccccc4C3)cccc2C1=O. The fourth-order valence-electron chi connectivity index (χ4n) is 3.90. The molecular weight excluding hydrogens is 370 g/mol. The first kappa shape index (κ1) is 19.3. The highest BCUT2D eigenvalue weighted by atomic mass is 16.5. The highest BCUT2D eigenvalue weighted by Crippen LogP contribution is 2.32. The molecule has 6 heteroatoms. The standard InChI is InChI=1S/C23H25NO5/c1-27-22(25)10-5-11-24-13-19-18(23(24)26)7-4-9-21(19)29-15-16-12-17-6-2-3-8-20(17)28-14-16/h2-4,6-9,16H,5,10-15H2,1H3. The van der Waals surface area contributed by atoms with E-state index in [-0.39, 0.29) is 17.8 Å². The Morgan fingerprint density at radius 3 is 2.93 bits per heavy atom. The molecule has 0 radical (unpaired) electrons. The lowest BCUT2D eigenvalue weighted by atomic mass is 9.97. The van der Waals surface area contributed by atoms with Gasteiger partial charge in [0.2, 0.25) is 0 Å². The van der Waals surface area contributed by atoms with Gasteiger partial charge in [0.05, 0.1) is 26.9 Å². The van der Waals surface area contributed by atoms with Crippen LogP contribution in [0.1, 0.15) is 34.3 Å². The quantitative estimate of drug-likeness (QED) is 0.674. The first-order valence-corrected chi connectivity index (χ1v) is 9.97. The van der Waals surface area contributed by atoms with E-state index in [4.69, 9.17) is 9.47 Å². The lowest BCUT2D eigenvalue weighted by Crippen LogP contribution is -2.26. The summed E-state index contributed by atoms with van der Waals surface area (Å²) in [5.41, 5.74) is 2.82. The molecule has 2 aromatic carbocycles. The van der Waals surface area contributed by atoms with Gasteiger partial charge in [0.25, 0.3) is 5.91 Å². The van der Waals surface area contributed by atoms with Gasteiger partial charge in [0.1, 0.15) is 11.5 Å². The Bertz CT molecular complexity index is 910. The zero-order chi connectivity index (χ0) is 20.2. The molecule has 2 aliphatic heterocycles. The number of rotatable bonds is 7. The van der Waals surface area contributed by atoms with Crippen molar-refractivity contribution in [3.05, 3.63) is 59.2 Å². The number of ether oxygens (including phenoxy) is 3.